The summed E-state index contributed by atoms with van der Waals surface area (Å²) in [6.07, 6.45) is 2.60. The average molecular weight is 424 g/mol. The molecule has 1 saturated carbocycles. The number of aliphatic carboxylic acids is 1. The Balaban J connectivity index is 1.49. The van der Waals surface area contributed by atoms with E-state index in [1.165, 1.54) is 0 Å². The lowest BCUT2D eigenvalue weighted by atomic mass is 9.82. The summed E-state index contributed by atoms with van der Waals surface area (Å²) < 4.78 is 11.2. The number of carbonyl (C=O) groups excluding carboxylic acids is 2. The van der Waals surface area contributed by atoms with Crippen LogP contribution in [-0.2, 0) is 16.0 Å². The van der Waals surface area contributed by atoms with Gasteiger partial charge >= 0.3 is 5.63 Å². The lowest BCUT2D eigenvalue weighted by Crippen LogP contribution is -2.37. The van der Waals surface area contributed by atoms with E-state index in [0.29, 0.717) is 36.1 Å². The van der Waals surface area contributed by atoms with Gasteiger partial charge in [-0.25, -0.2) is 4.79 Å². The van der Waals surface area contributed by atoms with Crippen molar-refractivity contribution < 1.29 is 23.5 Å². The van der Waals surface area contributed by atoms with Gasteiger partial charge in [-0.1, -0.05) is 0 Å². The second-order valence-corrected chi connectivity index (χ2v) is 8.64. The molecule has 0 unspecified atom stereocenters. The molecule has 0 radical (unpaired) electrons. The smallest absolute Gasteiger partial charge is 0.340 e. The zero-order chi connectivity index (χ0) is 22.3. The highest BCUT2D eigenvalue weighted by molar-refractivity contribution is 5.97. The number of fused-ring (bicyclic) bond motifs is 2. The molecule has 31 heavy (non-hydrogen) atoms. The fraction of sp³-hybridized carbons (Fsp3) is 0.458. The fourth-order valence-electron chi connectivity index (χ4n) is 4.51. The third kappa shape index (κ3) is 4.09. The van der Waals surface area contributed by atoms with E-state index in [1.807, 2.05) is 26.8 Å². The molecule has 1 aromatic carbocycles. The van der Waals surface area contributed by atoms with Gasteiger partial charge in [0.25, 0.3) is 0 Å². The molecule has 0 spiro atoms. The van der Waals surface area contributed by atoms with Gasteiger partial charge in [0.1, 0.15) is 16.9 Å². The normalized spacial score (nSPS) is 19.1. The molecule has 0 aliphatic heterocycles. The molecule has 1 aliphatic rings. The van der Waals surface area contributed by atoms with Crippen LogP contribution in [-0.4, -0.2) is 18.4 Å². The second kappa shape index (κ2) is 8.21. The number of aryl methyl sites for hydroxylation is 3. The Morgan fingerprint density at radius 1 is 1.00 bits per heavy atom. The van der Waals surface area contributed by atoms with Crippen LogP contribution in [0.3, 0.4) is 0 Å². The molecule has 0 saturated heterocycles. The van der Waals surface area contributed by atoms with E-state index in [9.17, 15) is 19.5 Å². The highest BCUT2D eigenvalue weighted by atomic mass is 16.4. The molecule has 2 aromatic heterocycles. The summed E-state index contributed by atoms with van der Waals surface area (Å²) in [6.45, 7) is 6.18. The second-order valence-electron chi connectivity index (χ2n) is 8.64. The van der Waals surface area contributed by atoms with Gasteiger partial charge in [0.2, 0.25) is 5.91 Å². The highest BCUT2D eigenvalue weighted by Gasteiger charge is 2.23. The molecule has 2 heterocycles. The molecule has 1 amide bonds. The number of carboxylic acids is 1. The average Bonchev–Trinajstić information content (AvgIpc) is 3.01. The summed E-state index contributed by atoms with van der Waals surface area (Å²) in [5.41, 5.74) is 2.71. The first-order valence-electron chi connectivity index (χ1n) is 10.7. The van der Waals surface area contributed by atoms with Gasteiger partial charge in [-0.2, -0.15) is 0 Å². The molecular weight excluding hydrogens is 398 g/mol. The lowest BCUT2D eigenvalue weighted by molar-refractivity contribution is -0.312. The van der Waals surface area contributed by atoms with Gasteiger partial charge in [0, 0.05) is 29.4 Å². The standard InChI is InChI=1S/C24H27NO6/c1-12-14(3)30-20-10-21-18(8-17(12)20)13(2)19(24(29)31-21)9-22(26)25-11-15-4-6-16(7-5-15)23(27)28/h8,10,15-16H,4-7,9,11H2,1-3H3,(H,25,26)(H,27,28)/p-1. The van der Waals surface area contributed by atoms with Crippen LogP contribution in [0.2, 0.25) is 0 Å². The van der Waals surface area contributed by atoms with E-state index in [-0.39, 0.29) is 24.2 Å². The molecule has 7 nitrogen and oxygen atoms in total. The van der Waals surface area contributed by atoms with Crippen molar-refractivity contribution in [1.82, 2.24) is 5.32 Å². The summed E-state index contributed by atoms with van der Waals surface area (Å²) in [7, 11) is 0. The van der Waals surface area contributed by atoms with Crippen molar-refractivity contribution in [2.24, 2.45) is 11.8 Å². The third-order valence-corrected chi connectivity index (χ3v) is 6.69. The van der Waals surface area contributed by atoms with Crippen LogP contribution in [0.15, 0.2) is 25.8 Å². The van der Waals surface area contributed by atoms with Crippen LogP contribution in [0.1, 0.15) is 48.1 Å². The molecule has 164 valence electrons. The zero-order valence-corrected chi connectivity index (χ0v) is 18.0. The molecule has 1 aliphatic carbocycles. The number of benzene rings is 1. The van der Waals surface area contributed by atoms with E-state index in [0.717, 1.165) is 40.5 Å². The number of carbonyl (C=O) groups is 2. The minimum absolute atomic E-state index is 0.0556. The highest BCUT2D eigenvalue weighted by Crippen LogP contribution is 2.31. The number of amides is 1. The van der Waals surface area contributed by atoms with Gasteiger partial charge in [-0.05, 0) is 75.5 Å². The van der Waals surface area contributed by atoms with Crippen molar-refractivity contribution in [1.29, 1.82) is 0 Å². The summed E-state index contributed by atoms with van der Waals surface area (Å²) in [5.74, 6) is -0.550. The Bertz CT molecular complexity index is 1230. The fourth-order valence-corrected chi connectivity index (χ4v) is 4.51. The lowest BCUT2D eigenvalue weighted by Gasteiger charge is -2.29. The molecule has 4 rings (SSSR count). The van der Waals surface area contributed by atoms with Crippen molar-refractivity contribution in [3.05, 3.63) is 45.0 Å². The van der Waals surface area contributed by atoms with Crippen LogP contribution in [0.5, 0.6) is 0 Å². The summed E-state index contributed by atoms with van der Waals surface area (Å²) in [4.78, 5) is 36.0. The minimum Gasteiger partial charge on any atom is -0.550 e. The molecule has 1 fully saturated rings. The topological polar surface area (TPSA) is 113 Å². The summed E-state index contributed by atoms with van der Waals surface area (Å²) >= 11 is 0. The first kappa shape index (κ1) is 21.2. The minimum atomic E-state index is -0.987. The number of rotatable bonds is 5. The van der Waals surface area contributed by atoms with E-state index >= 15 is 0 Å². The van der Waals surface area contributed by atoms with Crippen molar-refractivity contribution in [3.8, 4) is 0 Å². The summed E-state index contributed by atoms with van der Waals surface area (Å²) in [6, 6.07) is 3.68. The van der Waals surface area contributed by atoms with Crippen molar-refractivity contribution in [3.63, 3.8) is 0 Å². The van der Waals surface area contributed by atoms with Crippen molar-refractivity contribution in [2.45, 2.75) is 52.9 Å². The number of hydrogen-bond acceptors (Lipinski definition) is 6. The molecule has 1 N–H and O–H groups in total. The first-order chi connectivity index (χ1) is 14.7. The van der Waals surface area contributed by atoms with E-state index < -0.39 is 11.6 Å². The maximum absolute atomic E-state index is 12.6. The van der Waals surface area contributed by atoms with Gasteiger partial charge in [0.15, 0.2) is 0 Å². The maximum Gasteiger partial charge on any atom is 0.340 e. The van der Waals surface area contributed by atoms with Crippen LogP contribution in [0.4, 0.5) is 0 Å². The van der Waals surface area contributed by atoms with Gasteiger partial charge < -0.3 is 24.1 Å². The Hall–Kier alpha value is -3.09. The van der Waals surface area contributed by atoms with Crippen molar-refractivity contribution in [2.75, 3.05) is 6.54 Å². The Kier molecular flexibility index (Phi) is 5.60. The summed E-state index contributed by atoms with van der Waals surface area (Å²) in [5, 5.41) is 15.6. The monoisotopic (exact) mass is 424 g/mol. The maximum atomic E-state index is 12.6. The Morgan fingerprint density at radius 2 is 1.65 bits per heavy atom. The SMILES string of the molecule is Cc1oc2cc3oc(=O)c(CC(=O)NCC4CCC(C(=O)[O-])CC4)c(C)c3cc2c1C. The van der Waals surface area contributed by atoms with Gasteiger partial charge in [-0.3, -0.25) is 4.79 Å². The number of furan rings is 1. The number of hydrogen-bond donors (Lipinski definition) is 1. The quantitative estimate of drug-likeness (QED) is 0.630. The predicted molar refractivity (Wildman–Crippen MR) is 114 cm³/mol. The predicted octanol–water partition coefficient (Wildman–Crippen LogP) is 2.68. The van der Waals surface area contributed by atoms with Crippen LogP contribution >= 0.6 is 0 Å². The zero-order valence-electron chi connectivity index (χ0n) is 18.0. The molecule has 3 aromatic rings. The third-order valence-electron chi connectivity index (χ3n) is 6.69. The van der Waals surface area contributed by atoms with Crippen LogP contribution in [0.25, 0.3) is 21.9 Å². The number of carboxylic acid groups (broad SMARTS) is 1. The molecular formula is C24H26NO6-. The van der Waals surface area contributed by atoms with Crippen LogP contribution in [0, 0.1) is 32.6 Å². The van der Waals surface area contributed by atoms with E-state index in [2.05, 4.69) is 5.32 Å². The van der Waals surface area contributed by atoms with Crippen molar-refractivity contribution >= 4 is 33.8 Å². The molecule has 7 heteroatoms. The van der Waals surface area contributed by atoms with Crippen LogP contribution < -0.4 is 16.0 Å². The molecule has 0 bridgehead atoms. The van der Waals surface area contributed by atoms with Gasteiger partial charge in [-0.15, -0.1) is 0 Å². The van der Waals surface area contributed by atoms with Gasteiger partial charge in [0.05, 0.1) is 12.0 Å². The number of nitrogens with one attached hydrogen (secondary N) is 1. The largest absolute Gasteiger partial charge is 0.550 e. The first-order valence-corrected chi connectivity index (χ1v) is 10.7. The molecule has 0 atom stereocenters. The van der Waals surface area contributed by atoms with E-state index in [4.69, 9.17) is 8.83 Å². The Morgan fingerprint density at radius 3 is 2.32 bits per heavy atom. The van der Waals surface area contributed by atoms with E-state index in [1.54, 1.807) is 6.07 Å². The Labute approximate surface area is 179 Å².